The fourth-order valence-electron chi connectivity index (χ4n) is 3.43. The molecule has 0 aromatic heterocycles. The van der Waals surface area contributed by atoms with Crippen LogP contribution in [0.5, 0.6) is 5.75 Å². The lowest BCUT2D eigenvalue weighted by atomic mass is 10.1. The van der Waals surface area contributed by atoms with Crippen molar-refractivity contribution in [2.75, 3.05) is 30.3 Å². The van der Waals surface area contributed by atoms with Crippen LogP contribution in [0.4, 0.5) is 16.2 Å². The van der Waals surface area contributed by atoms with Crippen LogP contribution in [0.15, 0.2) is 84.9 Å². The molecule has 3 rings (SSSR count). The predicted octanol–water partition coefficient (Wildman–Crippen LogP) is 5.72. The van der Waals surface area contributed by atoms with Crippen molar-refractivity contribution in [1.29, 1.82) is 0 Å². The Morgan fingerprint density at radius 3 is 2.08 bits per heavy atom. The molecule has 37 heavy (non-hydrogen) atoms. The molecule has 0 aliphatic rings. The van der Waals surface area contributed by atoms with E-state index in [4.69, 9.17) is 21.7 Å². The first-order valence-corrected chi connectivity index (χ1v) is 12.6. The summed E-state index contributed by atoms with van der Waals surface area (Å²) in [7, 11) is 0. The van der Waals surface area contributed by atoms with E-state index in [9.17, 15) is 9.90 Å². The van der Waals surface area contributed by atoms with E-state index in [1.54, 1.807) is 0 Å². The summed E-state index contributed by atoms with van der Waals surface area (Å²) in [4.78, 5) is 14.4. The maximum Gasteiger partial charge on any atom is 0.410 e. The molecule has 7 nitrogen and oxygen atoms in total. The van der Waals surface area contributed by atoms with Gasteiger partial charge in [-0.3, -0.25) is 0 Å². The largest absolute Gasteiger partial charge is 0.491 e. The standard InChI is InChI=1S/C29H35N3O4S/c1-29(2,3)36-28(34)32(20-25(33)21-35-26-12-8-5-9-13-26)19-18-22-14-16-24(17-15-22)31-27(37)30-23-10-6-4-7-11-23/h4-17,25,33H,18-21H2,1-3H3,(H2,30,31,37)/t25-/m0/s1. The van der Waals surface area contributed by atoms with Gasteiger partial charge in [-0.2, -0.15) is 0 Å². The maximum atomic E-state index is 12.8. The fraction of sp³-hybridized carbons (Fsp3) is 0.310. The molecule has 3 N–H and O–H groups in total. The number of thiocarbonyl (C=S) groups is 1. The van der Waals surface area contributed by atoms with Gasteiger partial charge >= 0.3 is 6.09 Å². The number of benzene rings is 3. The highest BCUT2D eigenvalue weighted by molar-refractivity contribution is 7.80. The van der Waals surface area contributed by atoms with Crippen LogP contribution in [0.1, 0.15) is 26.3 Å². The molecule has 196 valence electrons. The summed E-state index contributed by atoms with van der Waals surface area (Å²) in [5, 5.41) is 17.4. The topological polar surface area (TPSA) is 83.1 Å². The summed E-state index contributed by atoms with van der Waals surface area (Å²) in [5.74, 6) is 0.664. The van der Waals surface area contributed by atoms with Crippen molar-refractivity contribution in [3.63, 3.8) is 0 Å². The van der Waals surface area contributed by atoms with Gasteiger partial charge in [-0.15, -0.1) is 0 Å². The van der Waals surface area contributed by atoms with Crippen LogP contribution in [0.25, 0.3) is 0 Å². The molecule has 0 bridgehead atoms. The zero-order valence-electron chi connectivity index (χ0n) is 21.5. The zero-order chi connectivity index (χ0) is 26.7. The minimum Gasteiger partial charge on any atom is -0.491 e. The first-order chi connectivity index (χ1) is 17.7. The molecule has 1 amide bonds. The minimum atomic E-state index is -0.863. The average Bonchev–Trinajstić information content (AvgIpc) is 2.86. The van der Waals surface area contributed by atoms with Crippen molar-refractivity contribution in [3.05, 3.63) is 90.5 Å². The lowest BCUT2D eigenvalue weighted by Crippen LogP contribution is -2.43. The Labute approximate surface area is 224 Å². The molecule has 0 saturated carbocycles. The van der Waals surface area contributed by atoms with Crippen LogP contribution in [0, 0.1) is 0 Å². The number of aliphatic hydroxyl groups excluding tert-OH is 1. The van der Waals surface area contributed by atoms with Gasteiger partial charge in [0.2, 0.25) is 0 Å². The molecule has 0 unspecified atom stereocenters. The summed E-state index contributed by atoms with van der Waals surface area (Å²) in [6.07, 6.45) is -0.738. The smallest absolute Gasteiger partial charge is 0.410 e. The molecule has 0 heterocycles. The number of hydrogen-bond acceptors (Lipinski definition) is 5. The van der Waals surface area contributed by atoms with Gasteiger partial charge in [-0.25, -0.2) is 4.79 Å². The van der Waals surface area contributed by atoms with E-state index in [2.05, 4.69) is 10.6 Å². The third-order valence-electron chi connectivity index (χ3n) is 5.18. The van der Waals surface area contributed by atoms with Crippen LogP contribution in [-0.2, 0) is 11.2 Å². The van der Waals surface area contributed by atoms with E-state index in [-0.39, 0.29) is 13.2 Å². The number of carbonyl (C=O) groups excluding carboxylic acids is 1. The number of amides is 1. The van der Waals surface area contributed by atoms with E-state index < -0.39 is 17.8 Å². The van der Waals surface area contributed by atoms with Crippen molar-refractivity contribution in [2.45, 2.75) is 38.9 Å². The number of hydrogen-bond donors (Lipinski definition) is 3. The lowest BCUT2D eigenvalue weighted by Gasteiger charge is -2.29. The van der Waals surface area contributed by atoms with Crippen molar-refractivity contribution in [1.82, 2.24) is 4.90 Å². The molecular weight excluding hydrogens is 486 g/mol. The second-order valence-electron chi connectivity index (χ2n) is 9.60. The number of rotatable bonds is 10. The second-order valence-corrected chi connectivity index (χ2v) is 10.0. The number of ether oxygens (including phenoxy) is 2. The van der Waals surface area contributed by atoms with Gasteiger partial charge < -0.3 is 30.1 Å². The summed E-state index contributed by atoms with van der Waals surface area (Å²) < 4.78 is 11.2. The van der Waals surface area contributed by atoms with Crippen molar-refractivity contribution in [3.8, 4) is 5.75 Å². The second kappa shape index (κ2) is 13.6. The Morgan fingerprint density at radius 1 is 0.919 bits per heavy atom. The number of para-hydroxylation sites is 2. The van der Waals surface area contributed by atoms with Crippen LogP contribution < -0.4 is 15.4 Å². The van der Waals surface area contributed by atoms with E-state index in [1.165, 1.54) is 4.90 Å². The van der Waals surface area contributed by atoms with Gasteiger partial charge in [-0.05, 0) is 81.4 Å². The number of aliphatic hydroxyl groups is 1. The van der Waals surface area contributed by atoms with Gasteiger partial charge in [0.1, 0.15) is 24.1 Å². The fourth-order valence-corrected chi connectivity index (χ4v) is 3.67. The average molecular weight is 522 g/mol. The van der Waals surface area contributed by atoms with Crippen LogP contribution in [0.2, 0.25) is 0 Å². The quantitative estimate of drug-likeness (QED) is 0.295. The molecule has 3 aromatic carbocycles. The molecule has 8 heteroatoms. The Morgan fingerprint density at radius 2 is 1.49 bits per heavy atom. The van der Waals surface area contributed by atoms with Crippen LogP contribution in [-0.4, -0.2) is 52.6 Å². The van der Waals surface area contributed by atoms with Gasteiger partial charge in [-0.1, -0.05) is 48.5 Å². The number of nitrogens with zero attached hydrogens (tertiary/aromatic N) is 1. The number of anilines is 2. The normalized spacial score (nSPS) is 11.8. The molecule has 0 fully saturated rings. The zero-order valence-corrected chi connectivity index (χ0v) is 22.3. The summed E-state index contributed by atoms with van der Waals surface area (Å²) in [5.41, 5.74) is 2.17. The molecular formula is C29H35N3O4S. The van der Waals surface area contributed by atoms with Crippen LogP contribution >= 0.6 is 12.2 Å². The molecule has 0 radical (unpaired) electrons. The Kier molecular flexibility index (Phi) is 10.3. The third-order valence-corrected chi connectivity index (χ3v) is 5.39. The van der Waals surface area contributed by atoms with Crippen molar-refractivity contribution in [2.24, 2.45) is 0 Å². The SMILES string of the molecule is CC(C)(C)OC(=O)N(CCc1ccc(NC(=S)Nc2ccccc2)cc1)C[C@H](O)COc1ccccc1. The molecule has 3 aromatic rings. The maximum absolute atomic E-state index is 12.8. The van der Waals surface area contributed by atoms with Crippen molar-refractivity contribution < 1.29 is 19.4 Å². The Hall–Kier alpha value is -3.62. The summed E-state index contributed by atoms with van der Waals surface area (Å²) >= 11 is 5.39. The number of nitrogens with one attached hydrogen (secondary N) is 2. The first-order valence-electron chi connectivity index (χ1n) is 12.2. The Balaban J connectivity index is 1.54. The van der Waals surface area contributed by atoms with Gasteiger partial charge in [0.05, 0.1) is 6.54 Å². The lowest BCUT2D eigenvalue weighted by molar-refractivity contribution is 0.00945. The summed E-state index contributed by atoms with van der Waals surface area (Å²) in [6.45, 7) is 6.02. The molecule has 0 aliphatic heterocycles. The van der Waals surface area contributed by atoms with E-state index >= 15 is 0 Å². The Bertz CT molecular complexity index is 1120. The van der Waals surface area contributed by atoms with E-state index in [1.807, 2.05) is 106 Å². The predicted molar refractivity (Wildman–Crippen MR) is 152 cm³/mol. The minimum absolute atomic E-state index is 0.0700. The monoisotopic (exact) mass is 521 g/mol. The highest BCUT2D eigenvalue weighted by Gasteiger charge is 2.24. The van der Waals surface area contributed by atoms with Crippen LogP contribution in [0.3, 0.4) is 0 Å². The van der Waals surface area contributed by atoms with Gasteiger partial charge in [0.25, 0.3) is 0 Å². The first kappa shape index (κ1) is 28.0. The van der Waals surface area contributed by atoms with Gasteiger partial charge in [0, 0.05) is 17.9 Å². The highest BCUT2D eigenvalue weighted by atomic mass is 32.1. The molecule has 0 spiro atoms. The molecule has 1 atom stereocenters. The summed E-state index contributed by atoms with van der Waals surface area (Å²) in [6, 6.07) is 26.8. The van der Waals surface area contributed by atoms with Gasteiger partial charge in [0.15, 0.2) is 5.11 Å². The number of carbonyl (C=O) groups is 1. The third kappa shape index (κ3) is 10.5. The van der Waals surface area contributed by atoms with E-state index in [0.29, 0.717) is 23.8 Å². The van der Waals surface area contributed by atoms with E-state index in [0.717, 1.165) is 16.9 Å². The highest BCUT2D eigenvalue weighted by Crippen LogP contribution is 2.15. The molecule has 0 saturated heterocycles. The van der Waals surface area contributed by atoms with Crippen molar-refractivity contribution >= 4 is 34.8 Å². The molecule has 0 aliphatic carbocycles.